The Morgan fingerprint density at radius 3 is 2.38 bits per heavy atom. The molecule has 0 saturated carbocycles. The van der Waals surface area contributed by atoms with Crippen molar-refractivity contribution >= 4 is 0 Å². The normalized spacial score (nSPS) is 36.5. The third-order valence-corrected chi connectivity index (χ3v) is 2.47. The fourth-order valence-electron chi connectivity index (χ4n) is 1.69. The molecule has 78 valence electrons. The van der Waals surface area contributed by atoms with Crippen molar-refractivity contribution in [2.45, 2.75) is 12.2 Å². The van der Waals surface area contributed by atoms with Crippen molar-refractivity contribution in [3.05, 3.63) is 0 Å². The van der Waals surface area contributed by atoms with Crippen molar-refractivity contribution in [3.8, 4) is 0 Å². The third-order valence-electron chi connectivity index (χ3n) is 2.47. The molecule has 1 rings (SSSR count). The molecule has 1 fully saturated rings. The first kappa shape index (κ1) is 10.9. The molecule has 5 heteroatoms. The monoisotopic (exact) mass is 191 g/mol. The Kier molecular flexibility index (Phi) is 4.08. The zero-order chi connectivity index (χ0) is 9.84. The topological polar surface area (TPSA) is 84.2 Å². The minimum atomic E-state index is -0.847. The lowest BCUT2D eigenvalue weighted by Gasteiger charge is -2.38. The highest BCUT2D eigenvalue weighted by atomic mass is 16.3. The second kappa shape index (κ2) is 4.88. The van der Waals surface area contributed by atoms with Crippen molar-refractivity contribution in [2.24, 2.45) is 5.92 Å². The average molecular weight is 191 g/mol. The van der Waals surface area contributed by atoms with Crippen LogP contribution in [0.3, 0.4) is 0 Å². The number of aliphatic hydroxyl groups is 4. The number of aliphatic hydroxyl groups excluding tert-OH is 4. The molecule has 1 heterocycles. The van der Waals surface area contributed by atoms with Crippen LogP contribution in [0.4, 0.5) is 0 Å². The van der Waals surface area contributed by atoms with E-state index in [2.05, 4.69) is 0 Å². The van der Waals surface area contributed by atoms with Gasteiger partial charge in [-0.15, -0.1) is 0 Å². The maximum absolute atomic E-state index is 9.42. The second-order valence-corrected chi connectivity index (χ2v) is 3.48. The van der Waals surface area contributed by atoms with E-state index in [-0.39, 0.29) is 19.1 Å². The van der Waals surface area contributed by atoms with Gasteiger partial charge in [-0.1, -0.05) is 0 Å². The Labute approximate surface area is 77.2 Å². The Morgan fingerprint density at radius 1 is 1.15 bits per heavy atom. The van der Waals surface area contributed by atoms with Crippen molar-refractivity contribution < 1.29 is 20.4 Å². The van der Waals surface area contributed by atoms with E-state index < -0.39 is 12.2 Å². The molecule has 0 bridgehead atoms. The maximum atomic E-state index is 9.42. The van der Waals surface area contributed by atoms with Crippen LogP contribution in [-0.4, -0.2) is 70.4 Å². The zero-order valence-corrected chi connectivity index (χ0v) is 7.50. The molecule has 4 N–H and O–H groups in total. The zero-order valence-electron chi connectivity index (χ0n) is 7.50. The molecule has 0 radical (unpaired) electrons. The first-order valence-corrected chi connectivity index (χ1v) is 4.49. The highest BCUT2D eigenvalue weighted by Gasteiger charge is 2.33. The molecule has 0 unspecified atom stereocenters. The number of β-amino-alcohol motifs (C(OH)–C–C–N with tert-alkyl or cyclic N) is 2. The van der Waals surface area contributed by atoms with Crippen molar-refractivity contribution in [1.82, 2.24) is 4.90 Å². The van der Waals surface area contributed by atoms with Gasteiger partial charge in [0.25, 0.3) is 0 Å². The molecular formula is C8H17NO4. The van der Waals surface area contributed by atoms with Gasteiger partial charge in [-0.3, -0.25) is 4.90 Å². The van der Waals surface area contributed by atoms with Crippen LogP contribution in [0.25, 0.3) is 0 Å². The molecule has 3 atom stereocenters. The number of nitrogens with zero attached hydrogens (tertiary/aromatic N) is 1. The minimum absolute atomic E-state index is 0.0287. The second-order valence-electron chi connectivity index (χ2n) is 3.48. The molecule has 1 saturated heterocycles. The number of hydrogen-bond acceptors (Lipinski definition) is 5. The Balaban J connectivity index is 2.47. The summed E-state index contributed by atoms with van der Waals surface area (Å²) in [6.07, 6.45) is -1.67. The first-order chi connectivity index (χ1) is 6.19. The lowest BCUT2D eigenvalue weighted by Crippen LogP contribution is -2.54. The van der Waals surface area contributed by atoms with Gasteiger partial charge in [0.2, 0.25) is 0 Å². The van der Waals surface area contributed by atoms with Crippen molar-refractivity contribution in [1.29, 1.82) is 0 Å². The van der Waals surface area contributed by atoms with E-state index in [1.807, 2.05) is 4.90 Å². The summed E-state index contributed by atoms with van der Waals surface area (Å²) in [6.45, 7) is 1.24. The summed E-state index contributed by atoms with van der Waals surface area (Å²) in [7, 11) is 0. The van der Waals surface area contributed by atoms with Crippen molar-refractivity contribution in [2.75, 3.05) is 32.8 Å². The Bertz CT molecular complexity index is 155. The maximum Gasteiger partial charge on any atom is 0.0929 e. The van der Waals surface area contributed by atoms with E-state index >= 15 is 0 Å². The summed E-state index contributed by atoms with van der Waals surface area (Å²) >= 11 is 0. The molecule has 5 nitrogen and oxygen atoms in total. The molecule has 0 spiro atoms. The van der Waals surface area contributed by atoms with Gasteiger partial charge in [-0.25, -0.2) is 0 Å². The number of rotatable bonds is 3. The van der Waals surface area contributed by atoms with Gasteiger partial charge < -0.3 is 20.4 Å². The van der Waals surface area contributed by atoms with Gasteiger partial charge in [0, 0.05) is 32.2 Å². The van der Waals surface area contributed by atoms with E-state index in [0.29, 0.717) is 19.6 Å². The molecule has 0 aromatic heterocycles. The smallest absolute Gasteiger partial charge is 0.0929 e. The van der Waals surface area contributed by atoms with Gasteiger partial charge in [0.1, 0.15) is 0 Å². The highest BCUT2D eigenvalue weighted by Crippen LogP contribution is 2.16. The van der Waals surface area contributed by atoms with Crippen LogP contribution >= 0.6 is 0 Å². The molecule has 13 heavy (non-hydrogen) atoms. The van der Waals surface area contributed by atoms with Gasteiger partial charge in [0.15, 0.2) is 0 Å². The number of hydrogen-bond donors (Lipinski definition) is 4. The van der Waals surface area contributed by atoms with Gasteiger partial charge >= 0.3 is 0 Å². The van der Waals surface area contributed by atoms with Crippen LogP contribution in [-0.2, 0) is 0 Å². The van der Waals surface area contributed by atoms with Gasteiger partial charge in [-0.2, -0.15) is 0 Å². The summed E-state index contributed by atoms with van der Waals surface area (Å²) < 4.78 is 0. The molecule has 0 aromatic carbocycles. The van der Waals surface area contributed by atoms with E-state index in [4.69, 9.17) is 10.2 Å². The number of likely N-dealkylation sites (tertiary alicyclic amines) is 1. The summed E-state index contributed by atoms with van der Waals surface area (Å²) in [4.78, 5) is 1.83. The first-order valence-electron chi connectivity index (χ1n) is 4.49. The van der Waals surface area contributed by atoms with Gasteiger partial charge in [-0.05, 0) is 0 Å². The summed E-state index contributed by atoms with van der Waals surface area (Å²) in [5, 5.41) is 36.4. The quantitative estimate of drug-likeness (QED) is 0.400. The fourth-order valence-corrected chi connectivity index (χ4v) is 1.69. The summed E-state index contributed by atoms with van der Waals surface area (Å²) in [6, 6.07) is 0. The minimum Gasteiger partial charge on any atom is -0.396 e. The lowest BCUT2D eigenvalue weighted by atomic mass is 9.93. The molecular weight excluding hydrogens is 174 g/mol. The Hall–Kier alpha value is -0.200. The molecule has 0 aliphatic carbocycles. The van der Waals surface area contributed by atoms with Crippen LogP contribution in [0.15, 0.2) is 0 Å². The van der Waals surface area contributed by atoms with E-state index in [1.54, 1.807) is 0 Å². The number of piperidine rings is 1. The van der Waals surface area contributed by atoms with Crippen LogP contribution in [0.2, 0.25) is 0 Å². The SMILES string of the molecule is OCCN1C[C@H](CO)[C@@H](O)[C@H](O)C1. The predicted octanol–water partition coefficient (Wildman–Crippen LogP) is -2.38. The molecule has 1 aliphatic rings. The van der Waals surface area contributed by atoms with Crippen LogP contribution in [0.1, 0.15) is 0 Å². The van der Waals surface area contributed by atoms with E-state index in [0.717, 1.165) is 0 Å². The highest BCUT2D eigenvalue weighted by molar-refractivity contribution is 4.85. The fraction of sp³-hybridized carbons (Fsp3) is 1.00. The van der Waals surface area contributed by atoms with Crippen LogP contribution in [0.5, 0.6) is 0 Å². The standard InChI is InChI=1S/C8H17NO4/c10-2-1-9-3-6(5-11)8(13)7(12)4-9/h6-8,10-13H,1-5H2/t6-,7-,8-/m1/s1. The molecule has 1 aliphatic heterocycles. The predicted molar refractivity (Wildman–Crippen MR) is 46.1 cm³/mol. The van der Waals surface area contributed by atoms with E-state index in [9.17, 15) is 10.2 Å². The molecule has 0 aromatic rings. The van der Waals surface area contributed by atoms with E-state index in [1.165, 1.54) is 0 Å². The third kappa shape index (κ3) is 2.62. The lowest BCUT2D eigenvalue weighted by molar-refractivity contribution is -0.0878. The largest absolute Gasteiger partial charge is 0.396 e. The van der Waals surface area contributed by atoms with Gasteiger partial charge in [0.05, 0.1) is 18.8 Å². The summed E-state index contributed by atoms with van der Waals surface area (Å²) in [5.41, 5.74) is 0. The average Bonchev–Trinajstić information content (AvgIpc) is 2.11. The van der Waals surface area contributed by atoms with Crippen LogP contribution < -0.4 is 0 Å². The summed E-state index contributed by atoms with van der Waals surface area (Å²) in [5.74, 6) is -0.310. The van der Waals surface area contributed by atoms with Crippen molar-refractivity contribution in [3.63, 3.8) is 0 Å². The Morgan fingerprint density at radius 2 is 1.85 bits per heavy atom. The molecule has 0 amide bonds. The van der Waals surface area contributed by atoms with Crippen LogP contribution in [0, 0.1) is 5.92 Å².